The maximum absolute atomic E-state index is 10.5. The molecule has 2 aromatic rings. The Balaban J connectivity index is 0.00000180. The van der Waals surface area contributed by atoms with Gasteiger partial charge in [0.25, 0.3) is 0 Å². The molecular weight excluding hydrogens is 332 g/mol. The van der Waals surface area contributed by atoms with Crippen molar-refractivity contribution in [2.45, 2.75) is 5.16 Å². The first-order chi connectivity index (χ1) is 8.58. The zero-order valence-electron chi connectivity index (χ0n) is 11.5. The number of hydrogen-bond donors (Lipinski definition) is 0. The van der Waals surface area contributed by atoms with Crippen LogP contribution in [0.15, 0.2) is 29.4 Å². The number of carboxylic acid groups (broad SMARTS) is 1. The number of rotatable bonds is 4. The molecule has 0 saturated carbocycles. The van der Waals surface area contributed by atoms with Crippen LogP contribution in [0.4, 0.5) is 5.69 Å². The fraction of sp³-hybridized carbons (Fsp3) is 0.200. The van der Waals surface area contributed by atoms with E-state index in [1.165, 1.54) is 4.68 Å². The van der Waals surface area contributed by atoms with Crippen LogP contribution < -0.4 is 113 Å². The third-order valence-corrected chi connectivity index (χ3v) is 2.60. The minimum atomic E-state index is -1.13. The molecule has 2 rings (SSSR count). The van der Waals surface area contributed by atoms with Gasteiger partial charge in [0.2, 0.25) is 0 Å². The number of likely N-dealkylation sites (N-methyl/N-ethyl adjacent to an activating group) is 1. The van der Waals surface area contributed by atoms with Gasteiger partial charge in [-0.1, -0.05) is 0 Å². The molecule has 0 atom stereocenters. The molecule has 0 aliphatic rings. The summed E-state index contributed by atoms with van der Waals surface area (Å²) >= 11 is 4.94. The van der Waals surface area contributed by atoms with Crippen molar-refractivity contribution in [1.82, 2.24) is 20.2 Å². The van der Waals surface area contributed by atoms with E-state index in [4.69, 9.17) is 12.6 Å². The first-order valence-electron chi connectivity index (χ1n) is 5.05. The minimum absolute atomic E-state index is 0. The predicted molar refractivity (Wildman–Crippen MR) is 63.1 cm³/mol. The quantitative estimate of drug-likeness (QED) is 0.403. The third-order valence-electron chi connectivity index (χ3n) is 2.34. The van der Waals surface area contributed by atoms with Crippen molar-refractivity contribution < 1.29 is 113 Å². The second-order valence-corrected chi connectivity index (χ2v) is 3.98. The van der Waals surface area contributed by atoms with E-state index < -0.39 is 5.97 Å². The molecule has 0 aliphatic heterocycles. The summed E-state index contributed by atoms with van der Waals surface area (Å²) in [7, 11) is 1.67. The van der Waals surface area contributed by atoms with Crippen LogP contribution >= 0.6 is 0 Å². The van der Waals surface area contributed by atoms with E-state index in [0.29, 0.717) is 0 Å². The van der Waals surface area contributed by atoms with Gasteiger partial charge in [-0.2, -0.15) is 0 Å². The summed E-state index contributed by atoms with van der Waals surface area (Å²) in [6.45, 7) is -0.170. The second-order valence-electron chi connectivity index (χ2n) is 3.62. The van der Waals surface area contributed by atoms with Gasteiger partial charge < -0.3 is 27.4 Å². The first kappa shape index (κ1) is 21.1. The van der Waals surface area contributed by atoms with Crippen molar-refractivity contribution in [2.75, 3.05) is 18.5 Å². The van der Waals surface area contributed by atoms with E-state index in [1.54, 1.807) is 36.2 Å². The van der Waals surface area contributed by atoms with E-state index in [1.807, 2.05) is 0 Å². The summed E-state index contributed by atoms with van der Waals surface area (Å²) in [5.41, 5.74) is 1.47. The average molecular weight is 341 g/mol. The fourth-order valence-electron chi connectivity index (χ4n) is 1.47. The van der Waals surface area contributed by atoms with Crippen LogP contribution in [-0.4, -0.2) is 39.8 Å². The van der Waals surface area contributed by atoms with Gasteiger partial charge in [-0.05, 0) is 34.7 Å². The Morgan fingerprint density at radius 3 is 2.40 bits per heavy atom. The molecule has 1 aromatic carbocycles. The van der Waals surface area contributed by atoms with Crippen LogP contribution in [0.1, 0.15) is 0 Å². The fourth-order valence-corrected chi connectivity index (χ4v) is 1.65. The van der Waals surface area contributed by atoms with Crippen molar-refractivity contribution in [1.29, 1.82) is 0 Å². The number of nitrogens with zero attached hydrogens (tertiary/aromatic N) is 5. The normalized spacial score (nSPS) is 9.25. The van der Waals surface area contributed by atoms with Crippen molar-refractivity contribution >= 4 is 24.3 Å². The van der Waals surface area contributed by atoms with Crippen molar-refractivity contribution in [3.05, 3.63) is 24.3 Å². The molecule has 0 fully saturated rings. The topological polar surface area (TPSA) is 87.0 Å². The Morgan fingerprint density at radius 2 is 1.95 bits per heavy atom. The van der Waals surface area contributed by atoms with Crippen LogP contribution in [0.2, 0.25) is 0 Å². The molecule has 0 radical (unpaired) electrons. The zero-order chi connectivity index (χ0) is 13.1. The summed E-state index contributed by atoms with van der Waals surface area (Å²) in [6, 6.07) is 7.03. The Hall–Kier alpha value is 1.05. The summed E-state index contributed by atoms with van der Waals surface area (Å²) < 4.78 is 1.41. The summed E-state index contributed by atoms with van der Waals surface area (Å²) in [4.78, 5) is 12.0. The standard InChI is InChI=1S/C10H11N5O2S.2K/c1-14(6-9(16)17)7-2-4-8(5-3-7)15-10(18)11-12-13-15;;/h2-5H,6H2,1H3,(H,16,17)(H,11,13,18);;/q;2*+1/p-2. The molecule has 0 unspecified atom stereocenters. The molecule has 0 aliphatic carbocycles. The van der Waals surface area contributed by atoms with Gasteiger partial charge in [-0.25, -0.2) is 4.68 Å². The number of aliphatic carboxylic acids is 1. The molecule has 20 heavy (non-hydrogen) atoms. The van der Waals surface area contributed by atoms with Gasteiger partial charge in [0.1, 0.15) is 0 Å². The maximum Gasteiger partial charge on any atom is 1.00 e. The summed E-state index contributed by atoms with van der Waals surface area (Å²) in [6.07, 6.45) is 0. The van der Waals surface area contributed by atoms with Gasteiger partial charge in [0.05, 0.1) is 18.2 Å². The number of benzene rings is 1. The van der Waals surface area contributed by atoms with Crippen LogP contribution in [0, 0.1) is 0 Å². The van der Waals surface area contributed by atoms with Gasteiger partial charge in [-0.3, -0.25) is 0 Å². The van der Waals surface area contributed by atoms with Crippen LogP contribution in [0.3, 0.4) is 0 Å². The Bertz CT molecular complexity index is 563. The van der Waals surface area contributed by atoms with Crippen LogP contribution in [0.25, 0.3) is 5.69 Å². The number of carbonyl (C=O) groups is 1. The summed E-state index contributed by atoms with van der Waals surface area (Å²) in [5.74, 6) is -1.13. The van der Waals surface area contributed by atoms with E-state index in [0.717, 1.165) is 11.4 Å². The van der Waals surface area contributed by atoms with Crippen LogP contribution in [-0.2, 0) is 17.4 Å². The van der Waals surface area contributed by atoms with E-state index in [9.17, 15) is 9.90 Å². The third kappa shape index (κ3) is 5.68. The molecule has 10 heteroatoms. The first-order valence-corrected chi connectivity index (χ1v) is 5.45. The van der Waals surface area contributed by atoms with Crippen molar-refractivity contribution in [3.63, 3.8) is 0 Å². The molecule has 1 heterocycles. The maximum atomic E-state index is 10.5. The van der Waals surface area contributed by atoms with E-state index in [-0.39, 0.29) is 114 Å². The molecule has 0 spiro atoms. The Kier molecular flexibility index (Phi) is 10.5. The number of carboxylic acids is 1. The molecule has 0 amide bonds. The second kappa shape index (κ2) is 9.95. The average Bonchev–Trinajstić information content (AvgIpc) is 2.75. The molecule has 0 bridgehead atoms. The Morgan fingerprint density at radius 1 is 1.35 bits per heavy atom. The summed E-state index contributed by atoms with van der Waals surface area (Å²) in [5, 5.41) is 21.6. The monoisotopic (exact) mass is 341 g/mol. The van der Waals surface area contributed by atoms with Gasteiger partial charge in [-0.15, -0.1) is 5.10 Å². The molecule has 0 N–H and O–H groups in total. The van der Waals surface area contributed by atoms with Gasteiger partial charge >= 0.3 is 103 Å². The van der Waals surface area contributed by atoms with E-state index in [2.05, 4.69) is 15.5 Å². The number of carbonyl (C=O) groups excluding carboxylic acids is 1. The SMILES string of the molecule is CN(CC(=O)[O-])c1ccc(-n2nnnc2[S-])cc1.[K+].[K+]. The van der Waals surface area contributed by atoms with Gasteiger partial charge in [0.15, 0.2) is 0 Å². The number of anilines is 1. The number of tetrazole rings is 1. The molecule has 94 valence electrons. The Labute approximate surface area is 206 Å². The van der Waals surface area contributed by atoms with Crippen LogP contribution in [0.5, 0.6) is 0 Å². The smallest absolute Gasteiger partial charge is 0.738 e. The molecular formula is C10H9K2N5O2S. The zero-order valence-corrected chi connectivity index (χ0v) is 18.5. The molecule has 1 aromatic heterocycles. The van der Waals surface area contributed by atoms with E-state index >= 15 is 0 Å². The van der Waals surface area contributed by atoms with Gasteiger partial charge in [0, 0.05) is 17.9 Å². The number of hydrogen-bond acceptors (Lipinski definition) is 7. The molecule has 0 saturated heterocycles. The molecule has 7 nitrogen and oxygen atoms in total. The predicted octanol–water partition coefficient (Wildman–Crippen LogP) is -7.24. The number of aromatic nitrogens is 4. The van der Waals surface area contributed by atoms with Crippen molar-refractivity contribution in [2.24, 2.45) is 0 Å². The largest absolute Gasteiger partial charge is 1.00 e. The minimum Gasteiger partial charge on any atom is -0.738 e. The van der Waals surface area contributed by atoms with Crippen molar-refractivity contribution in [3.8, 4) is 5.69 Å².